The molecule has 0 amide bonds. The fourth-order valence-corrected chi connectivity index (χ4v) is 2.37. The molecule has 2 heterocycles. The van der Waals surface area contributed by atoms with E-state index in [0.29, 0.717) is 17.1 Å². The Labute approximate surface area is 115 Å². The molecule has 2 aromatic heterocycles. The van der Waals surface area contributed by atoms with Gasteiger partial charge in [0.25, 0.3) is 0 Å². The Kier molecular flexibility index (Phi) is 3.05. The Morgan fingerprint density at radius 1 is 1.16 bits per heavy atom. The van der Waals surface area contributed by atoms with Crippen LogP contribution in [-0.2, 0) is 6.42 Å². The van der Waals surface area contributed by atoms with Gasteiger partial charge in [-0.1, -0.05) is 35.9 Å². The number of pyridine rings is 1. The van der Waals surface area contributed by atoms with Crippen LogP contribution in [0.15, 0.2) is 48.7 Å². The standard InChI is InChI=1S/C15H11ClN2O/c16-14-7-2-1-4-11(14)8-15-17-9-12-5-3-6-13(10-19)18(12)15/h1-7,9-10H,8H2. The van der Waals surface area contributed by atoms with E-state index >= 15 is 0 Å². The van der Waals surface area contributed by atoms with Crippen LogP contribution in [0.5, 0.6) is 0 Å². The number of hydrogen-bond donors (Lipinski definition) is 0. The number of rotatable bonds is 3. The number of aldehydes is 1. The second-order valence-corrected chi connectivity index (χ2v) is 4.68. The summed E-state index contributed by atoms with van der Waals surface area (Å²) in [5, 5.41) is 0.711. The molecule has 0 spiro atoms. The number of carbonyl (C=O) groups is 1. The normalized spacial score (nSPS) is 10.8. The quantitative estimate of drug-likeness (QED) is 0.684. The minimum Gasteiger partial charge on any atom is -0.296 e. The lowest BCUT2D eigenvalue weighted by atomic mass is 10.1. The summed E-state index contributed by atoms with van der Waals surface area (Å²) >= 11 is 6.16. The molecule has 0 aliphatic rings. The predicted octanol–water partition coefficient (Wildman–Crippen LogP) is 3.39. The van der Waals surface area contributed by atoms with Crippen molar-refractivity contribution >= 4 is 23.4 Å². The molecule has 0 fully saturated rings. The Hall–Kier alpha value is -2.13. The number of halogens is 1. The van der Waals surface area contributed by atoms with E-state index < -0.39 is 0 Å². The third-order valence-electron chi connectivity index (χ3n) is 3.08. The predicted molar refractivity (Wildman–Crippen MR) is 74.8 cm³/mol. The average Bonchev–Trinajstić information content (AvgIpc) is 2.85. The van der Waals surface area contributed by atoms with Gasteiger partial charge in [-0.05, 0) is 23.8 Å². The Balaban J connectivity index is 2.11. The molecular formula is C15H11ClN2O. The van der Waals surface area contributed by atoms with Gasteiger partial charge in [0, 0.05) is 11.4 Å². The van der Waals surface area contributed by atoms with E-state index in [-0.39, 0.29) is 0 Å². The number of fused-ring (bicyclic) bond motifs is 1. The highest BCUT2D eigenvalue weighted by Gasteiger charge is 2.09. The van der Waals surface area contributed by atoms with Gasteiger partial charge in [0.15, 0.2) is 6.29 Å². The van der Waals surface area contributed by atoms with Crippen LogP contribution >= 0.6 is 11.6 Å². The maximum Gasteiger partial charge on any atom is 0.166 e. The first kappa shape index (κ1) is 11.9. The van der Waals surface area contributed by atoms with E-state index in [2.05, 4.69) is 4.98 Å². The molecule has 3 rings (SSSR count). The van der Waals surface area contributed by atoms with Crippen LogP contribution in [0.3, 0.4) is 0 Å². The molecule has 0 radical (unpaired) electrons. The minimum atomic E-state index is 0.594. The van der Waals surface area contributed by atoms with E-state index in [9.17, 15) is 4.79 Å². The molecule has 19 heavy (non-hydrogen) atoms. The lowest BCUT2D eigenvalue weighted by molar-refractivity contribution is 0.111. The molecular weight excluding hydrogens is 260 g/mol. The monoisotopic (exact) mass is 270 g/mol. The van der Waals surface area contributed by atoms with Crippen LogP contribution < -0.4 is 0 Å². The van der Waals surface area contributed by atoms with Crippen LogP contribution in [0, 0.1) is 0 Å². The minimum absolute atomic E-state index is 0.594. The summed E-state index contributed by atoms with van der Waals surface area (Å²) in [6, 6.07) is 13.2. The maximum atomic E-state index is 11.1. The largest absolute Gasteiger partial charge is 0.296 e. The highest BCUT2D eigenvalue weighted by atomic mass is 35.5. The Bertz CT molecular complexity index is 749. The molecule has 0 aliphatic carbocycles. The third kappa shape index (κ3) is 2.13. The van der Waals surface area contributed by atoms with Crippen molar-refractivity contribution in [1.29, 1.82) is 0 Å². The summed E-state index contributed by atoms with van der Waals surface area (Å²) in [7, 11) is 0. The van der Waals surface area contributed by atoms with Crippen molar-refractivity contribution in [2.75, 3.05) is 0 Å². The average molecular weight is 271 g/mol. The number of hydrogen-bond acceptors (Lipinski definition) is 2. The molecule has 0 N–H and O–H groups in total. The number of aromatic nitrogens is 2. The topological polar surface area (TPSA) is 34.4 Å². The first-order valence-corrected chi connectivity index (χ1v) is 6.31. The maximum absolute atomic E-state index is 11.1. The van der Waals surface area contributed by atoms with Gasteiger partial charge in [-0.25, -0.2) is 4.98 Å². The van der Waals surface area contributed by atoms with Crippen molar-refractivity contribution < 1.29 is 4.79 Å². The molecule has 0 aliphatic heterocycles. The molecule has 0 saturated carbocycles. The smallest absolute Gasteiger partial charge is 0.166 e. The first-order valence-electron chi connectivity index (χ1n) is 5.93. The molecule has 0 saturated heterocycles. The molecule has 0 bridgehead atoms. The summed E-state index contributed by atoms with van der Waals surface area (Å²) in [5.74, 6) is 0.811. The van der Waals surface area contributed by atoms with E-state index in [1.54, 1.807) is 12.3 Å². The summed E-state index contributed by atoms with van der Waals surface area (Å²) in [6.07, 6.45) is 3.20. The fourth-order valence-electron chi connectivity index (χ4n) is 2.17. The van der Waals surface area contributed by atoms with Crippen LogP contribution in [0.1, 0.15) is 21.9 Å². The fraction of sp³-hybridized carbons (Fsp3) is 0.0667. The van der Waals surface area contributed by atoms with Crippen LogP contribution in [0.25, 0.3) is 5.52 Å². The Morgan fingerprint density at radius 2 is 2.00 bits per heavy atom. The molecule has 3 nitrogen and oxygen atoms in total. The van der Waals surface area contributed by atoms with Crippen molar-refractivity contribution in [3.8, 4) is 0 Å². The number of carbonyl (C=O) groups excluding carboxylic acids is 1. The van der Waals surface area contributed by atoms with Gasteiger partial charge in [-0.15, -0.1) is 0 Å². The molecule has 0 unspecified atom stereocenters. The Morgan fingerprint density at radius 3 is 2.79 bits per heavy atom. The van der Waals surface area contributed by atoms with Crippen molar-refractivity contribution in [1.82, 2.24) is 9.38 Å². The van der Waals surface area contributed by atoms with E-state index in [4.69, 9.17) is 11.6 Å². The molecule has 94 valence electrons. The lowest BCUT2D eigenvalue weighted by Gasteiger charge is -2.05. The number of imidazole rings is 1. The summed E-state index contributed by atoms with van der Waals surface area (Å²) in [6.45, 7) is 0. The SMILES string of the molecule is O=Cc1cccc2cnc(Cc3ccccc3Cl)n12. The van der Waals surface area contributed by atoms with Gasteiger partial charge in [0.05, 0.1) is 17.4 Å². The first-order chi connectivity index (χ1) is 9.29. The summed E-state index contributed by atoms with van der Waals surface area (Å²) < 4.78 is 1.86. The van der Waals surface area contributed by atoms with E-state index in [1.807, 2.05) is 40.8 Å². The molecule has 0 atom stereocenters. The molecule has 1 aromatic carbocycles. The van der Waals surface area contributed by atoms with Crippen molar-refractivity contribution in [2.24, 2.45) is 0 Å². The third-order valence-corrected chi connectivity index (χ3v) is 3.45. The molecule has 3 aromatic rings. The second kappa shape index (κ2) is 4.86. The number of benzene rings is 1. The zero-order chi connectivity index (χ0) is 13.2. The van der Waals surface area contributed by atoms with E-state index in [1.165, 1.54) is 0 Å². The van der Waals surface area contributed by atoms with Crippen molar-refractivity contribution in [3.05, 3.63) is 70.8 Å². The van der Waals surface area contributed by atoms with Crippen molar-refractivity contribution in [2.45, 2.75) is 6.42 Å². The highest BCUT2D eigenvalue weighted by molar-refractivity contribution is 6.31. The summed E-state index contributed by atoms with van der Waals surface area (Å²) in [5.41, 5.74) is 2.50. The molecule has 4 heteroatoms. The van der Waals surface area contributed by atoms with Gasteiger partial charge in [-0.3, -0.25) is 9.20 Å². The zero-order valence-corrected chi connectivity index (χ0v) is 10.8. The van der Waals surface area contributed by atoms with Crippen LogP contribution in [0.4, 0.5) is 0 Å². The van der Waals surface area contributed by atoms with Gasteiger partial charge in [-0.2, -0.15) is 0 Å². The van der Waals surface area contributed by atoms with Crippen molar-refractivity contribution in [3.63, 3.8) is 0 Å². The second-order valence-electron chi connectivity index (χ2n) is 4.27. The summed E-state index contributed by atoms with van der Waals surface area (Å²) in [4.78, 5) is 15.5. The number of nitrogens with zero attached hydrogens (tertiary/aromatic N) is 2. The van der Waals surface area contributed by atoms with Gasteiger partial charge in [0.1, 0.15) is 5.82 Å². The highest BCUT2D eigenvalue weighted by Crippen LogP contribution is 2.19. The van der Waals surface area contributed by atoms with Gasteiger partial charge in [0.2, 0.25) is 0 Å². The van der Waals surface area contributed by atoms with E-state index in [0.717, 1.165) is 23.2 Å². The zero-order valence-electron chi connectivity index (χ0n) is 10.1. The van der Waals surface area contributed by atoms with Gasteiger partial charge >= 0.3 is 0 Å². The van der Waals surface area contributed by atoms with Gasteiger partial charge < -0.3 is 0 Å². The lowest BCUT2D eigenvalue weighted by Crippen LogP contribution is -2.02. The van der Waals surface area contributed by atoms with Crippen LogP contribution in [0.2, 0.25) is 5.02 Å². The van der Waals surface area contributed by atoms with Crippen LogP contribution in [-0.4, -0.2) is 15.7 Å².